The van der Waals surface area contributed by atoms with Crippen LogP contribution in [0.5, 0.6) is 0 Å². The predicted octanol–water partition coefficient (Wildman–Crippen LogP) is 3.63. The average Bonchev–Trinajstić information content (AvgIpc) is 2.97. The Morgan fingerprint density at radius 2 is 1.80 bits per heavy atom. The lowest BCUT2D eigenvalue weighted by atomic mass is 10.3. The molecule has 134 valence electrons. The van der Waals surface area contributed by atoms with E-state index in [0.29, 0.717) is 5.69 Å². The molecular formula is C14H13F3N4O2S2. The number of amides is 2. The summed E-state index contributed by atoms with van der Waals surface area (Å²) >= 11 is 1.49. The first-order valence-corrected chi connectivity index (χ1v) is 8.60. The van der Waals surface area contributed by atoms with Crippen molar-refractivity contribution in [1.82, 2.24) is 10.2 Å². The van der Waals surface area contributed by atoms with Gasteiger partial charge in [0.05, 0.1) is 5.25 Å². The smallest absolute Gasteiger partial charge is 0.326 e. The number of carbonyl (C=O) groups is 2. The fraction of sp³-hybridized carbons (Fsp3) is 0.286. The molecule has 1 unspecified atom stereocenters. The van der Waals surface area contributed by atoms with Crippen LogP contribution in [0.4, 0.5) is 24.0 Å². The number of rotatable bonds is 5. The summed E-state index contributed by atoms with van der Waals surface area (Å²) in [5.41, 5.74) is 0.627. The Labute approximate surface area is 149 Å². The lowest BCUT2D eigenvalue weighted by molar-refractivity contribution is -0.138. The van der Waals surface area contributed by atoms with Gasteiger partial charge in [-0.05, 0) is 31.2 Å². The average molecular weight is 390 g/mol. The number of hydrogen-bond donors (Lipinski definition) is 2. The van der Waals surface area contributed by atoms with Crippen LogP contribution in [-0.2, 0) is 15.8 Å². The third-order valence-electron chi connectivity index (χ3n) is 2.75. The first-order chi connectivity index (χ1) is 11.6. The standard InChI is InChI=1S/C14H13F3N4O2S2/c1-7(24-10-5-3-9(4-6-10)18-8(2)22)11(23)19-13-21-20-12(25-13)14(15,16)17/h3-7H,1-2H3,(H,18,22)(H,19,21,23). The Balaban J connectivity index is 1.93. The van der Waals surface area contributed by atoms with E-state index in [1.807, 2.05) is 0 Å². The van der Waals surface area contributed by atoms with Crippen LogP contribution in [0.2, 0.25) is 0 Å². The van der Waals surface area contributed by atoms with Crippen LogP contribution in [0.15, 0.2) is 29.2 Å². The zero-order valence-corrected chi connectivity index (χ0v) is 14.7. The molecule has 2 N–H and O–H groups in total. The second kappa shape index (κ2) is 7.83. The Kier molecular flexibility index (Phi) is 6.01. The van der Waals surface area contributed by atoms with Crippen molar-refractivity contribution in [2.24, 2.45) is 0 Å². The molecule has 0 aliphatic rings. The maximum Gasteiger partial charge on any atom is 0.445 e. The maximum absolute atomic E-state index is 12.5. The van der Waals surface area contributed by atoms with Crippen LogP contribution in [0.25, 0.3) is 0 Å². The molecule has 1 aromatic heterocycles. The molecule has 6 nitrogen and oxygen atoms in total. The minimum absolute atomic E-state index is 0.191. The van der Waals surface area contributed by atoms with Gasteiger partial charge in [-0.15, -0.1) is 22.0 Å². The van der Waals surface area contributed by atoms with Crippen molar-refractivity contribution in [2.75, 3.05) is 10.6 Å². The van der Waals surface area contributed by atoms with Crippen molar-refractivity contribution < 1.29 is 22.8 Å². The second-order valence-electron chi connectivity index (χ2n) is 4.87. The number of thioether (sulfide) groups is 1. The molecule has 0 spiro atoms. The highest BCUT2D eigenvalue weighted by Crippen LogP contribution is 2.33. The van der Waals surface area contributed by atoms with Gasteiger partial charge in [-0.1, -0.05) is 11.3 Å². The summed E-state index contributed by atoms with van der Waals surface area (Å²) < 4.78 is 37.4. The van der Waals surface area contributed by atoms with Gasteiger partial charge in [-0.3, -0.25) is 14.9 Å². The Bertz CT molecular complexity index is 762. The van der Waals surface area contributed by atoms with Gasteiger partial charge in [0.25, 0.3) is 0 Å². The van der Waals surface area contributed by atoms with E-state index in [1.54, 1.807) is 31.2 Å². The molecule has 1 heterocycles. The second-order valence-corrected chi connectivity index (χ2v) is 7.26. The molecule has 11 heteroatoms. The lowest BCUT2D eigenvalue weighted by Gasteiger charge is -2.10. The van der Waals surface area contributed by atoms with E-state index in [2.05, 4.69) is 20.8 Å². The SMILES string of the molecule is CC(=O)Nc1ccc(SC(C)C(=O)Nc2nnc(C(F)(F)F)s2)cc1. The molecule has 0 aliphatic carbocycles. The maximum atomic E-state index is 12.5. The van der Waals surface area contributed by atoms with E-state index in [0.717, 1.165) is 4.90 Å². The normalized spacial score (nSPS) is 12.5. The highest BCUT2D eigenvalue weighted by molar-refractivity contribution is 8.00. The molecule has 0 saturated heterocycles. The zero-order chi connectivity index (χ0) is 18.6. The summed E-state index contributed by atoms with van der Waals surface area (Å²) in [6.45, 7) is 3.01. The molecule has 2 rings (SSSR count). The van der Waals surface area contributed by atoms with Gasteiger partial charge in [0.2, 0.25) is 22.0 Å². The van der Waals surface area contributed by atoms with Gasteiger partial charge in [0.1, 0.15) is 0 Å². The summed E-state index contributed by atoms with van der Waals surface area (Å²) in [5, 5.41) is 9.38. The van der Waals surface area contributed by atoms with Crippen LogP contribution in [0.1, 0.15) is 18.9 Å². The topological polar surface area (TPSA) is 84.0 Å². The van der Waals surface area contributed by atoms with Crippen LogP contribution in [0, 0.1) is 0 Å². The van der Waals surface area contributed by atoms with Crippen LogP contribution in [0.3, 0.4) is 0 Å². The fourth-order valence-corrected chi connectivity index (χ4v) is 3.15. The highest BCUT2D eigenvalue weighted by atomic mass is 32.2. The van der Waals surface area contributed by atoms with Crippen LogP contribution in [-0.4, -0.2) is 27.3 Å². The van der Waals surface area contributed by atoms with Gasteiger partial charge in [0, 0.05) is 17.5 Å². The van der Waals surface area contributed by atoms with E-state index in [1.165, 1.54) is 18.7 Å². The van der Waals surface area contributed by atoms with Gasteiger partial charge < -0.3 is 5.32 Å². The first kappa shape index (κ1) is 19.2. The largest absolute Gasteiger partial charge is 0.445 e. The summed E-state index contributed by atoms with van der Waals surface area (Å²) in [6.07, 6.45) is -4.59. The molecule has 0 aliphatic heterocycles. The van der Waals surface area contributed by atoms with Gasteiger partial charge >= 0.3 is 6.18 Å². The number of alkyl halides is 3. The predicted molar refractivity (Wildman–Crippen MR) is 89.6 cm³/mol. The van der Waals surface area contributed by atoms with Gasteiger partial charge in [-0.25, -0.2) is 0 Å². The summed E-state index contributed by atoms with van der Waals surface area (Å²) in [6, 6.07) is 6.84. The fourth-order valence-electron chi connectivity index (χ4n) is 1.67. The highest BCUT2D eigenvalue weighted by Gasteiger charge is 2.36. The third kappa shape index (κ3) is 5.71. The van der Waals surface area contributed by atoms with E-state index in [-0.39, 0.29) is 22.4 Å². The zero-order valence-electron chi connectivity index (χ0n) is 13.0. The van der Waals surface area contributed by atoms with Gasteiger partial charge in [-0.2, -0.15) is 13.2 Å². The number of carbonyl (C=O) groups excluding carboxylic acids is 2. The van der Waals surface area contributed by atoms with Crippen molar-refractivity contribution in [3.63, 3.8) is 0 Å². The van der Waals surface area contributed by atoms with Crippen LogP contribution < -0.4 is 10.6 Å². The minimum atomic E-state index is -4.59. The summed E-state index contributed by atoms with van der Waals surface area (Å²) in [7, 11) is 0. The van der Waals surface area contributed by atoms with Gasteiger partial charge in [0.15, 0.2) is 0 Å². The molecular weight excluding hydrogens is 377 g/mol. The number of nitrogens with one attached hydrogen (secondary N) is 2. The third-order valence-corrected chi connectivity index (χ3v) is 4.75. The molecule has 25 heavy (non-hydrogen) atoms. The van der Waals surface area contributed by atoms with Crippen molar-refractivity contribution in [2.45, 2.75) is 30.2 Å². The molecule has 1 atom stereocenters. The summed E-state index contributed by atoms with van der Waals surface area (Å²) in [4.78, 5) is 23.8. The first-order valence-electron chi connectivity index (χ1n) is 6.91. The minimum Gasteiger partial charge on any atom is -0.326 e. The van der Waals surface area contributed by atoms with E-state index in [9.17, 15) is 22.8 Å². The van der Waals surface area contributed by atoms with Crippen LogP contribution >= 0.6 is 23.1 Å². The van der Waals surface area contributed by atoms with Crippen molar-refractivity contribution in [3.8, 4) is 0 Å². The van der Waals surface area contributed by atoms with E-state index in [4.69, 9.17) is 0 Å². The number of benzene rings is 1. The molecule has 2 amide bonds. The number of aromatic nitrogens is 2. The number of nitrogens with zero attached hydrogens (tertiary/aromatic N) is 2. The number of halogens is 3. The number of anilines is 2. The van der Waals surface area contributed by atoms with E-state index >= 15 is 0 Å². The molecule has 0 radical (unpaired) electrons. The Morgan fingerprint density at radius 3 is 2.32 bits per heavy atom. The molecule has 0 saturated carbocycles. The molecule has 0 bridgehead atoms. The van der Waals surface area contributed by atoms with Crippen molar-refractivity contribution in [1.29, 1.82) is 0 Å². The van der Waals surface area contributed by atoms with Crippen molar-refractivity contribution in [3.05, 3.63) is 29.3 Å². The lowest BCUT2D eigenvalue weighted by Crippen LogP contribution is -2.22. The van der Waals surface area contributed by atoms with E-state index < -0.39 is 22.3 Å². The number of hydrogen-bond acceptors (Lipinski definition) is 6. The molecule has 1 aromatic carbocycles. The molecule has 0 fully saturated rings. The quantitative estimate of drug-likeness (QED) is 0.762. The monoisotopic (exact) mass is 390 g/mol. The van der Waals surface area contributed by atoms with Crippen molar-refractivity contribution >= 4 is 45.7 Å². The molecule has 2 aromatic rings. The summed E-state index contributed by atoms with van der Waals surface area (Å²) in [5.74, 6) is -0.677. The Morgan fingerprint density at radius 1 is 1.16 bits per heavy atom. The Hall–Kier alpha value is -2.14.